The van der Waals surface area contributed by atoms with Gasteiger partial charge >= 0.3 is 5.97 Å². The predicted molar refractivity (Wildman–Crippen MR) is 98.9 cm³/mol. The molecule has 0 radical (unpaired) electrons. The molecule has 8 nitrogen and oxygen atoms in total. The molecular weight excluding hydrogens is 336 g/mol. The summed E-state index contributed by atoms with van der Waals surface area (Å²) in [5.41, 5.74) is 0. The van der Waals surface area contributed by atoms with Crippen LogP contribution in [-0.4, -0.2) is 87.7 Å². The minimum absolute atomic E-state index is 0.0325. The molecule has 2 rings (SSSR count). The van der Waals surface area contributed by atoms with Crippen molar-refractivity contribution in [2.45, 2.75) is 26.2 Å². The van der Waals surface area contributed by atoms with Crippen molar-refractivity contribution in [1.82, 2.24) is 15.1 Å². The van der Waals surface area contributed by atoms with E-state index < -0.39 is 0 Å². The molecule has 2 aliphatic heterocycles. The monoisotopic (exact) mass is 368 g/mol. The van der Waals surface area contributed by atoms with Gasteiger partial charge in [-0.25, -0.2) is 4.99 Å². The molecule has 1 N–H and O–H groups in total. The van der Waals surface area contributed by atoms with Gasteiger partial charge < -0.3 is 24.6 Å². The molecule has 8 heteroatoms. The van der Waals surface area contributed by atoms with Crippen LogP contribution in [0, 0.1) is 11.8 Å². The summed E-state index contributed by atoms with van der Waals surface area (Å²) in [5.74, 6) is 1.04. The summed E-state index contributed by atoms with van der Waals surface area (Å²) in [7, 11) is 3.46. The Morgan fingerprint density at radius 3 is 2.58 bits per heavy atom. The number of carbonyl (C=O) groups excluding carboxylic acids is 2. The summed E-state index contributed by atoms with van der Waals surface area (Å²) < 4.78 is 10.6. The zero-order valence-electron chi connectivity index (χ0n) is 16.2. The minimum Gasteiger partial charge on any atom is -0.466 e. The van der Waals surface area contributed by atoms with Gasteiger partial charge in [-0.2, -0.15) is 0 Å². The van der Waals surface area contributed by atoms with Crippen LogP contribution in [0.5, 0.6) is 0 Å². The SMILES string of the molecule is CCOC(=O)C1CCN(C(=NCC(=O)N(C)C)NCC2CCOC2)CC1. The third-order valence-electron chi connectivity index (χ3n) is 4.85. The summed E-state index contributed by atoms with van der Waals surface area (Å²) in [6.07, 6.45) is 2.53. The summed E-state index contributed by atoms with van der Waals surface area (Å²) >= 11 is 0. The van der Waals surface area contributed by atoms with Crippen LogP contribution in [0.4, 0.5) is 0 Å². The van der Waals surface area contributed by atoms with Gasteiger partial charge in [-0.05, 0) is 26.2 Å². The van der Waals surface area contributed by atoms with Gasteiger partial charge in [0.1, 0.15) is 6.54 Å². The van der Waals surface area contributed by atoms with E-state index in [1.54, 1.807) is 19.0 Å². The molecule has 2 fully saturated rings. The molecular formula is C18H32N4O4. The lowest BCUT2D eigenvalue weighted by Gasteiger charge is -2.33. The molecule has 0 aliphatic carbocycles. The number of nitrogens with one attached hydrogen (secondary N) is 1. The summed E-state index contributed by atoms with van der Waals surface area (Å²) in [6, 6.07) is 0. The Kier molecular flexibility index (Phi) is 8.15. The first kappa shape index (κ1) is 20.5. The molecule has 0 saturated carbocycles. The van der Waals surface area contributed by atoms with E-state index in [-0.39, 0.29) is 24.3 Å². The quantitative estimate of drug-likeness (QED) is 0.413. The van der Waals surface area contributed by atoms with Crippen LogP contribution in [0.3, 0.4) is 0 Å². The highest BCUT2D eigenvalue weighted by Crippen LogP contribution is 2.19. The Labute approximate surface area is 155 Å². The van der Waals surface area contributed by atoms with E-state index in [0.717, 1.165) is 58.1 Å². The summed E-state index contributed by atoms with van der Waals surface area (Å²) in [4.78, 5) is 32.0. The zero-order valence-corrected chi connectivity index (χ0v) is 16.2. The maximum absolute atomic E-state index is 11.9. The van der Waals surface area contributed by atoms with Gasteiger partial charge in [-0.1, -0.05) is 0 Å². The van der Waals surface area contributed by atoms with Crippen LogP contribution in [0.1, 0.15) is 26.2 Å². The molecule has 1 unspecified atom stereocenters. The molecule has 148 valence electrons. The lowest BCUT2D eigenvalue weighted by Crippen LogP contribution is -2.48. The number of esters is 1. The number of carbonyl (C=O) groups is 2. The van der Waals surface area contributed by atoms with Gasteiger partial charge in [0.25, 0.3) is 0 Å². The van der Waals surface area contributed by atoms with Crippen molar-refractivity contribution >= 4 is 17.8 Å². The third-order valence-corrected chi connectivity index (χ3v) is 4.85. The number of hydrogen-bond acceptors (Lipinski definition) is 5. The summed E-state index contributed by atoms with van der Waals surface area (Å²) in [6.45, 7) is 6.19. The highest BCUT2D eigenvalue weighted by atomic mass is 16.5. The molecule has 2 saturated heterocycles. The number of aliphatic imine (C=N–C) groups is 1. The fourth-order valence-electron chi connectivity index (χ4n) is 3.12. The number of ether oxygens (including phenoxy) is 2. The lowest BCUT2D eigenvalue weighted by atomic mass is 9.97. The molecule has 1 atom stereocenters. The molecule has 2 heterocycles. The third kappa shape index (κ3) is 6.16. The Morgan fingerprint density at radius 1 is 1.27 bits per heavy atom. The molecule has 2 aliphatic rings. The number of hydrogen-bond donors (Lipinski definition) is 1. The van der Waals surface area contributed by atoms with E-state index in [2.05, 4.69) is 15.2 Å². The van der Waals surface area contributed by atoms with Gasteiger partial charge in [-0.15, -0.1) is 0 Å². The standard InChI is InChI=1S/C18H32N4O4/c1-4-26-17(24)15-5-8-22(9-6-15)18(20-12-16(23)21(2)3)19-11-14-7-10-25-13-14/h14-15H,4-13H2,1-3H3,(H,19,20). The van der Waals surface area contributed by atoms with E-state index >= 15 is 0 Å². The molecule has 0 spiro atoms. The van der Waals surface area contributed by atoms with E-state index in [1.807, 2.05) is 6.92 Å². The van der Waals surface area contributed by atoms with Crippen molar-refractivity contribution in [3.63, 3.8) is 0 Å². The largest absolute Gasteiger partial charge is 0.466 e. The second kappa shape index (κ2) is 10.4. The Morgan fingerprint density at radius 2 is 2.00 bits per heavy atom. The number of piperidine rings is 1. The Hall–Kier alpha value is -1.83. The number of nitrogens with zero attached hydrogens (tertiary/aromatic N) is 3. The smallest absolute Gasteiger partial charge is 0.309 e. The first-order valence-electron chi connectivity index (χ1n) is 9.49. The minimum atomic E-state index is -0.107. The van der Waals surface area contributed by atoms with Crippen LogP contribution >= 0.6 is 0 Å². The number of amides is 1. The fourth-order valence-corrected chi connectivity index (χ4v) is 3.12. The molecule has 0 aromatic heterocycles. The first-order chi connectivity index (χ1) is 12.5. The van der Waals surface area contributed by atoms with Crippen LogP contribution in [0.15, 0.2) is 4.99 Å². The normalized spacial score (nSPS) is 21.6. The number of guanidine groups is 1. The van der Waals surface area contributed by atoms with Gasteiger partial charge in [0.05, 0.1) is 19.1 Å². The fraction of sp³-hybridized carbons (Fsp3) is 0.833. The summed E-state index contributed by atoms with van der Waals surface area (Å²) in [5, 5.41) is 3.40. The second-order valence-corrected chi connectivity index (χ2v) is 7.05. The number of likely N-dealkylation sites (N-methyl/N-ethyl adjacent to an activating group) is 1. The molecule has 26 heavy (non-hydrogen) atoms. The van der Waals surface area contributed by atoms with Crippen molar-refractivity contribution in [3.05, 3.63) is 0 Å². The van der Waals surface area contributed by atoms with Crippen molar-refractivity contribution in [2.75, 3.05) is 60.1 Å². The Balaban J connectivity index is 1.93. The van der Waals surface area contributed by atoms with Crippen LogP contribution in [0.2, 0.25) is 0 Å². The van der Waals surface area contributed by atoms with Crippen molar-refractivity contribution in [2.24, 2.45) is 16.8 Å². The maximum atomic E-state index is 11.9. The lowest BCUT2D eigenvalue weighted by molar-refractivity contribution is -0.149. The average molecular weight is 368 g/mol. The molecule has 0 aromatic rings. The molecule has 0 bridgehead atoms. The maximum Gasteiger partial charge on any atom is 0.309 e. The van der Waals surface area contributed by atoms with Crippen LogP contribution < -0.4 is 5.32 Å². The van der Waals surface area contributed by atoms with E-state index in [1.165, 1.54) is 0 Å². The van der Waals surface area contributed by atoms with Gasteiger partial charge in [0, 0.05) is 46.3 Å². The highest BCUT2D eigenvalue weighted by molar-refractivity contribution is 5.85. The van der Waals surface area contributed by atoms with Gasteiger partial charge in [0.15, 0.2) is 5.96 Å². The van der Waals surface area contributed by atoms with E-state index in [4.69, 9.17) is 9.47 Å². The van der Waals surface area contributed by atoms with Gasteiger partial charge in [-0.3, -0.25) is 9.59 Å². The van der Waals surface area contributed by atoms with Crippen molar-refractivity contribution in [1.29, 1.82) is 0 Å². The van der Waals surface area contributed by atoms with Crippen LogP contribution in [-0.2, 0) is 19.1 Å². The zero-order chi connectivity index (χ0) is 18.9. The highest BCUT2D eigenvalue weighted by Gasteiger charge is 2.28. The molecule has 1 amide bonds. The topological polar surface area (TPSA) is 83.5 Å². The second-order valence-electron chi connectivity index (χ2n) is 7.05. The van der Waals surface area contributed by atoms with E-state index in [0.29, 0.717) is 12.5 Å². The number of likely N-dealkylation sites (tertiary alicyclic amines) is 1. The van der Waals surface area contributed by atoms with Crippen LogP contribution in [0.25, 0.3) is 0 Å². The van der Waals surface area contributed by atoms with Crippen molar-refractivity contribution < 1.29 is 19.1 Å². The number of rotatable bonds is 6. The van der Waals surface area contributed by atoms with E-state index in [9.17, 15) is 9.59 Å². The average Bonchev–Trinajstić information content (AvgIpc) is 3.15. The predicted octanol–water partition coefficient (Wildman–Crippen LogP) is 0.332. The van der Waals surface area contributed by atoms with Crippen molar-refractivity contribution in [3.8, 4) is 0 Å². The Bertz CT molecular complexity index is 495. The molecule has 0 aromatic carbocycles. The first-order valence-corrected chi connectivity index (χ1v) is 9.49. The van der Waals surface area contributed by atoms with Gasteiger partial charge in [0.2, 0.25) is 5.91 Å².